The predicted molar refractivity (Wildman–Crippen MR) is 149 cm³/mol. The fourth-order valence-electron chi connectivity index (χ4n) is 4.52. The maximum atomic E-state index is 14.0. The number of hydrogen-bond donors (Lipinski definition) is 11. The number of phosphoric acid groups is 3. The molecule has 26 nitrogen and oxygen atoms in total. The van der Waals surface area contributed by atoms with Crippen molar-refractivity contribution in [2.75, 3.05) is 19.9 Å². The second-order valence-corrected chi connectivity index (χ2v) is 14.4. The Labute approximate surface area is 276 Å². The second kappa shape index (κ2) is 16.1. The first-order valence-electron chi connectivity index (χ1n) is 13.4. The average Bonchev–Trinajstić information content (AvgIpc) is 3.25. The summed E-state index contributed by atoms with van der Waals surface area (Å²) in [5.74, 6) is -7.59. The van der Waals surface area contributed by atoms with Crippen molar-refractivity contribution in [3.8, 4) is 0 Å². The van der Waals surface area contributed by atoms with E-state index in [1.54, 1.807) is 0 Å². The maximum Gasteiger partial charge on any atom is 0.483 e. The number of alkyl halides is 1. The van der Waals surface area contributed by atoms with Gasteiger partial charge in [0.1, 0.15) is 42.7 Å². The van der Waals surface area contributed by atoms with Crippen molar-refractivity contribution in [1.82, 2.24) is 14.9 Å². The van der Waals surface area contributed by atoms with Crippen LogP contribution in [0.15, 0.2) is 21.9 Å². The smallest absolute Gasteiger partial charge is 0.477 e. The molecule has 3 unspecified atom stereocenters. The summed E-state index contributed by atoms with van der Waals surface area (Å²) in [7, 11) is -17.7. The first-order valence-corrected chi connectivity index (χ1v) is 17.9. The molecule has 286 valence electrons. The highest BCUT2D eigenvalue weighted by Gasteiger charge is 2.57. The number of nitrogens with zero attached hydrogens (tertiary/aromatic N) is 1. The Bertz CT molecular complexity index is 1650. The van der Waals surface area contributed by atoms with Gasteiger partial charge in [0.2, 0.25) is 5.91 Å². The van der Waals surface area contributed by atoms with E-state index in [1.807, 2.05) is 10.3 Å². The van der Waals surface area contributed by atoms with E-state index in [0.717, 1.165) is 19.2 Å². The fourth-order valence-corrected chi connectivity index (χ4v) is 7.24. The van der Waals surface area contributed by atoms with E-state index in [0.29, 0.717) is 4.57 Å². The molecular formula is C20H31FN3O23P3. The SMILES string of the molecule is CC(=O)N[C@H]1[C@@H](OP(=O)(O)OP(=O)(O)OC[C@H]2O[C@@H](n3ccc(=O)[nH]c3=O)[C@H](O)[C@@H]2O)O[C@H](CO)[C@@H](O)[C@@H]1OC(CF)(OP(=O)(O)O)C(=O)O. The number of amides is 1. The number of phosphoric ester groups is 3. The van der Waals surface area contributed by atoms with Crippen LogP contribution < -0.4 is 16.6 Å². The molecule has 11 N–H and O–H groups in total. The molecule has 3 heterocycles. The molecule has 1 aromatic rings. The van der Waals surface area contributed by atoms with Gasteiger partial charge in [-0.2, -0.15) is 4.31 Å². The first kappa shape index (κ1) is 42.1. The number of carbonyl (C=O) groups is 2. The lowest BCUT2D eigenvalue weighted by Gasteiger charge is -2.46. The second-order valence-electron chi connectivity index (χ2n) is 10.3. The van der Waals surface area contributed by atoms with Crippen molar-refractivity contribution >= 4 is 35.3 Å². The van der Waals surface area contributed by atoms with Crippen LogP contribution in [0.4, 0.5) is 4.39 Å². The monoisotopic (exact) mass is 793 g/mol. The Morgan fingerprint density at radius 1 is 1.04 bits per heavy atom. The van der Waals surface area contributed by atoms with Crippen LogP contribution in [0.3, 0.4) is 0 Å². The summed E-state index contributed by atoms with van der Waals surface area (Å²) in [4.78, 5) is 87.6. The number of ether oxygens (including phenoxy) is 3. The quantitative estimate of drug-likeness (QED) is 0.0553. The lowest BCUT2D eigenvalue weighted by molar-refractivity contribution is -0.303. The van der Waals surface area contributed by atoms with Crippen molar-refractivity contribution in [3.63, 3.8) is 0 Å². The third-order valence-electron chi connectivity index (χ3n) is 6.63. The van der Waals surface area contributed by atoms with Gasteiger partial charge in [0.15, 0.2) is 19.2 Å². The highest BCUT2D eigenvalue weighted by Crippen LogP contribution is 2.61. The predicted octanol–water partition coefficient (Wildman–Crippen LogP) is -4.77. The van der Waals surface area contributed by atoms with Gasteiger partial charge in [-0.1, -0.05) is 0 Å². The number of carboxylic acid groups (broad SMARTS) is 1. The number of H-pyrrole nitrogens is 1. The topological polar surface area (TPSA) is 399 Å². The Balaban J connectivity index is 1.81. The average molecular weight is 793 g/mol. The number of aliphatic hydroxyl groups is 4. The number of nitrogens with one attached hydrogen (secondary N) is 2. The number of hydrogen-bond acceptors (Lipinski definition) is 18. The van der Waals surface area contributed by atoms with Gasteiger partial charge in [-0.25, -0.2) is 32.2 Å². The zero-order chi connectivity index (χ0) is 38.0. The summed E-state index contributed by atoms with van der Waals surface area (Å²) in [6.07, 6.45) is -15.8. The molecular weight excluding hydrogens is 762 g/mol. The van der Waals surface area contributed by atoms with Crippen LogP contribution in [0, 0.1) is 0 Å². The largest absolute Gasteiger partial charge is 0.483 e. The molecule has 2 saturated heterocycles. The van der Waals surface area contributed by atoms with E-state index in [2.05, 4.69) is 17.9 Å². The van der Waals surface area contributed by atoms with Crippen molar-refractivity contribution < 1.29 is 105 Å². The summed E-state index contributed by atoms with van der Waals surface area (Å²) < 4.78 is 84.0. The third kappa shape index (κ3) is 10.4. The lowest BCUT2D eigenvalue weighted by atomic mass is 9.96. The molecule has 1 aromatic heterocycles. The van der Waals surface area contributed by atoms with Crippen LogP contribution >= 0.6 is 23.5 Å². The van der Waals surface area contributed by atoms with Gasteiger partial charge in [0.25, 0.3) is 5.56 Å². The Morgan fingerprint density at radius 3 is 2.20 bits per heavy atom. The van der Waals surface area contributed by atoms with Gasteiger partial charge in [-0.3, -0.25) is 28.2 Å². The Morgan fingerprint density at radius 2 is 1.68 bits per heavy atom. The number of halogens is 1. The normalized spacial score (nSPS) is 32.4. The summed E-state index contributed by atoms with van der Waals surface area (Å²) >= 11 is 0. The standard InChI is InChI=1S/C20H31FN3O23P3/c1-7(26)22-11-15(44-20(6-21,18(31)32)46-48(34,35)36)13(29)8(4-25)43-17(11)45-50(39,40)47-49(37,38)41-5-9-12(28)14(30)16(42-9)24-3-2-10(27)23-19(24)33/h2-3,8-9,11-17,25,28-30H,4-6H2,1H3,(H,22,26)(H,31,32)(H,37,38)(H,39,40)(H,23,27,33)(H2,34,35,36)/t8-,9-,11-,12-,13-,14-,15-,16-,17-,20?/m1/s1. The molecule has 0 radical (unpaired) electrons. The van der Waals surface area contributed by atoms with E-state index in [9.17, 15) is 72.6 Å². The Kier molecular flexibility index (Phi) is 13.6. The minimum absolute atomic E-state index is 0.649. The minimum atomic E-state index is -6.03. The maximum absolute atomic E-state index is 14.0. The number of aromatic nitrogens is 2. The number of rotatable bonds is 16. The lowest BCUT2D eigenvalue weighted by Crippen LogP contribution is -2.67. The van der Waals surface area contributed by atoms with Crippen LogP contribution in [0.2, 0.25) is 0 Å². The number of carboxylic acids is 1. The highest BCUT2D eigenvalue weighted by atomic mass is 31.3. The minimum Gasteiger partial charge on any atom is -0.477 e. The third-order valence-corrected chi connectivity index (χ3v) is 9.76. The number of aliphatic hydroxyl groups excluding tert-OH is 4. The molecule has 12 atom stereocenters. The zero-order valence-corrected chi connectivity index (χ0v) is 27.6. The summed E-state index contributed by atoms with van der Waals surface area (Å²) in [6, 6.07) is -1.41. The molecule has 0 spiro atoms. The molecule has 30 heteroatoms. The van der Waals surface area contributed by atoms with Gasteiger partial charge in [-0.05, 0) is 0 Å². The van der Waals surface area contributed by atoms with Crippen molar-refractivity contribution in [2.24, 2.45) is 0 Å². The molecule has 0 aromatic carbocycles. The van der Waals surface area contributed by atoms with Crippen molar-refractivity contribution in [2.45, 2.75) is 67.9 Å². The van der Waals surface area contributed by atoms with Crippen LogP contribution in [0.1, 0.15) is 13.2 Å². The number of aromatic amines is 1. The van der Waals surface area contributed by atoms with E-state index < -0.39 is 127 Å². The van der Waals surface area contributed by atoms with Gasteiger partial charge in [0.05, 0.1) is 13.2 Å². The van der Waals surface area contributed by atoms with Crippen molar-refractivity contribution in [3.05, 3.63) is 33.1 Å². The molecule has 50 heavy (non-hydrogen) atoms. The highest BCUT2D eigenvalue weighted by molar-refractivity contribution is 7.61. The molecule has 2 aliphatic rings. The molecule has 0 bridgehead atoms. The summed E-state index contributed by atoms with van der Waals surface area (Å²) in [5, 5.41) is 52.2. The molecule has 0 aliphatic carbocycles. The van der Waals surface area contributed by atoms with Crippen molar-refractivity contribution in [1.29, 1.82) is 0 Å². The Hall–Kier alpha value is -2.36. The van der Waals surface area contributed by atoms with Crippen LogP contribution in [0.25, 0.3) is 0 Å². The van der Waals surface area contributed by atoms with E-state index in [1.165, 1.54) is 0 Å². The number of aliphatic carboxylic acids is 1. The zero-order valence-electron chi connectivity index (χ0n) is 24.9. The van der Waals surface area contributed by atoms with Crippen LogP contribution in [-0.2, 0) is 55.4 Å². The first-order chi connectivity index (χ1) is 22.9. The van der Waals surface area contributed by atoms with E-state index >= 15 is 0 Å². The summed E-state index contributed by atoms with van der Waals surface area (Å²) in [5.41, 5.74) is -1.90. The van der Waals surface area contributed by atoms with E-state index in [-0.39, 0.29) is 0 Å². The van der Waals surface area contributed by atoms with Crippen LogP contribution in [-0.4, -0.2) is 141 Å². The van der Waals surface area contributed by atoms with E-state index in [4.69, 9.17) is 24.0 Å². The molecule has 0 saturated carbocycles. The van der Waals surface area contributed by atoms with Gasteiger partial charge < -0.3 is 64.6 Å². The van der Waals surface area contributed by atoms with Gasteiger partial charge >= 0.3 is 40.9 Å². The fraction of sp³-hybridized carbons (Fsp3) is 0.700. The van der Waals surface area contributed by atoms with Gasteiger partial charge in [0, 0.05) is 19.2 Å². The van der Waals surface area contributed by atoms with Gasteiger partial charge in [-0.15, -0.1) is 0 Å². The summed E-state index contributed by atoms with van der Waals surface area (Å²) in [6.45, 7) is -4.05. The molecule has 2 aliphatic heterocycles. The molecule has 2 fully saturated rings. The number of carbonyl (C=O) groups excluding carboxylic acids is 1. The van der Waals surface area contributed by atoms with Crippen LogP contribution in [0.5, 0.6) is 0 Å². The molecule has 3 rings (SSSR count). The molecule has 1 amide bonds.